The smallest absolute Gasteiger partial charge is 0.287 e. The van der Waals surface area contributed by atoms with E-state index in [9.17, 15) is 9.59 Å². The Hall–Kier alpha value is -3.35. The summed E-state index contributed by atoms with van der Waals surface area (Å²) in [6, 6.07) is 13.3. The SMILES string of the molecule is Cc1nccn1CC(=O)N1CC[C@@H](c2ccccc2)[C@@H](NC(=O)c2ccco2)C1. The van der Waals surface area contributed by atoms with Crippen LogP contribution in [-0.4, -0.2) is 45.4 Å². The molecule has 7 nitrogen and oxygen atoms in total. The van der Waals surface area contributed by atoms with E-state index in [1.54, 1.807) is 24.5 Å². The number of hydrogen-bond acceptors (Lipinski definition) is 4. The van der Waals surface area contributed by atoms with Gasteiger partial charge in [-0.1, -0.05) is 30.3 Å². The lowest BCUT2D eigenvalue weighted by Crippen LogP contribution is -2.53. The van der Waals surface area contributed by atoms with E-state index in [0.717, 1.165) is 17.8 Å². The van der Waals surface area contributed by atoms with Gasteiger partial charge in [-0.3, -0.25) is 9.59 Å². The fraction of sp³-hybridized carbons (Fsp3) is 0.318. The number of hydrogen-bond donors (Lipinski definition) is 1. The third kappa shape index (κ3) is 4.23. The van der Waals surface area contributed by atoms with Crippen LogP contribution in [0.15, 0.2) is 65.5 Å². The van der Waals surface area contributed by atoms with Crippen LogP contribution >= 0.6 is 0 Å². The summed E-state index contributed by atoms with van der Waals surface area (Å²) in [5, 5.41) is 3.08. The molecule has 1 aliphatic heterocycles. The lowest BCUT2D eigenvalue weighted by atomic mass is 9.85. The van der Waals surface area contributed by atoms with Crippen molar-refractivity contribution in [3.05, 3.63) is 78.3 Å². The van der Waals surface area contributed by atoms with E-state index in [2.05, 4.69) is 22.4 Å². The lowest BCUT2D eigenvalue weighted by molar-refractivity contribution is -0.133. The Labute approximate surface area is 169 Å². The van der Waals surface area contributed by atoms with Crippen LogP contribution in [0.5, 0.6) is 0 Å². The molecule has 3 aromatic rings. The molecule has 2 amide bonds. The van der Waals surface area contributed by atoms with Crippen LogP contribution in [0.2, 0.25) is 0 Å². The largest absolute Gasteiger partial charge is 0.459 e. The van der Waals surface area contributed by atoms with Crippen molar-refractivity contribution in [1.29, 1.82) is 0 Å². The predicted octanol–water partition coefficient (Wildman–Crippen LogP) is 2.60. The van der Waals surface area contributed by atoms with Crippen LogP contribution in [0.25, 0.3) is 0 Å². The highest BCUT2D eigenvalue weighted by molar-refractivity contribution is 5.91. The molecule has 1 N–H and O–H groups in total. The summed E-state index contributed by atoms with van der Waals surface area (Å²) in [6.45, 7) is 3.24. The van der Waals surface area contributed by atoms with E-state index in [4.69, 9.17) is 4.42 Å². The fourth-order valence-corrected chi connectivity index (χ4v) is 3.89. The molecule has 4 rings (SSSR count). The third-order valence-corrected chi connectivity index (χ3v) is 5.48. The Morgan fingerprint density at radius 2 is 2.03 bits per heavy atom. The first-order chi connectivity index (χ1) is 14.1. The second kappa shape index (κ2) is 8.34. The van der Waals surface area contributed by atoms with Gasteiger partial charge >= 0.3 is 0 Å². The molecule has 1 saturated heterocycles. The summed E-state index contributed by atoms with van der Waals surface area (Å²) in [4.78, 5) is 31.5. The molecule has 0 aliphatic carbocycles. The average Bonchev–Trinajstić information content (AvgIpc) is 3.41. The predicted molar refractivity (Wildman–Crippen MR) is 107 cm³/mol. The minimum Gasteiger partial charge on any atom is -0.459 e. The van der Waals surface area contributed by atoms with Crippen LogP contribution in [-0.2, 0) is 11.3 Å². The van der Waals surface area contributed by atoms with E-state index in [0.29, 0.717) is 13.1 Å². The van der Waals surface area contributed by atoms with Gasteiger partial charge < -0.3 is 19.2 Å². The molecule has 0 saturated carbocycles. The number of carbonyl (C=O) groups excluding carboxylic acids is 2. The Kier molecular flexibility index (Phi) is 5.46. The first-order valence-corrected chi connectivity index (χ1v) is 9.76. The number of piperidine rings is 1. The molecule has 1 aliphatic rings. The number of likely N-dealkylation sites (tertiary alicyclic amines) is 1. The first-order valence-electron chi connectivity index (χ1n) is 9.76. The number of aromatic nitrogens is 2. The molecule has 7 heteroatoms. The Morgan fingerprint density at radius 1 is 1.21 bits per heavy atom. The Bertz CT molecular complexity index is 965. The number of benzene rings is 1. The number of amides is 2. The summed E-state index contributed by atoms with van der Waals surface area (Å²) in [7, 11) is 0. The van der Waals surface area contributed by atoms with Crippen molar-refractivity contribution in [2.24, 2.45) is 0 Å². The third-order valence-electron chi connectivity index (χ3n) is 5.48. The summed E-state index contributed by atoms with van der Waals surface area (Å²) in [5.74, 6) is 0.971. The number of carbonyl (C=O) groups is 2. The number of rotatable bonds is 5. The molecule has 2 aromatic heterocycles. The molecule has 0 unspecified atom stereocenters. The highest BCUT2D eigenvalue weighted by atomic mass is 16.3. The molecular formula is C22H24N4O3. The zero-order valence-electron chi connectivity index (χ0n) is 16.3. The van der Waals surface area contributed by atoms with E-state index in [1.165, 1.54) is 6.26 Å². The monoisotopic (exact) mass is 392 g/mol. The normalized spacial score (nSPS) is 19.1. The number of nitrogens with one attached hydrogen (secondary N) is 1. The molecular weight excluding hydrogens is 368 g/mol. The van der Waals surface area contributed by atoms with E-state index >= 15 is 0 Å². The summed E-state index contributed by atoms with van der Waals surface area (Å²) in [5.41, 5.74) is 1.16. The van der Waals surface area contributed by atoms with Crippen molar-refractivity contribution in [2.75, 3.05) is 13.1 Å². The van der Waals surface area contributed by atoms with Crippen molar-refractivity contribution >= 4 is 11.8 Å². The van der Waals surface area contributed by atoms with Gasteiger partial charge in [0.2, 0.25) is 5.91 Å². The number of furan rings is 1. The molecule has 1 fully saturated rings. The van der Waals surface area contributed by atoms with E-state index in [-0.39, 0.29) is 36.1 Å². The minimum atomic E-state index is -0.263. The maximum absolute atomic E-state index is 12.9. The van der Waals surface area contributed by atoms with Gasteiger partial charge in [-0.2, -0.15) is 0 Å². The van der Waals surface area contributed by atoms with Crippen LogP contribution in [0.4, 0.5) is 0 Å². The molecule has 1 aromatic carbocycles. The van der Waals surface area contributed by atoms with E-state index in [1.807, 2.05) is 34.6 Å². The maximum Gasteiger partial charge on any atom is 0.287 e. The zero-order chi connectivity index (χ0) is 20.2. The van der Waals surface area contributed by atoms with Crippen molar-refractivity contribution < 1.29 is 14.0 Å². The summed E-state index contributed by atoms with van der Waals surface area (Å²) < 4.78 is 7.07. The zero-order valence-corrected chi connectivity index (χ0v) is 16.3. The number of nitrogens with zero attached hydrogens (tertiary/aromatic N) is 3. The number of aryl methyl sites for hydroxylation is 1. The van der Waals surface area contributed by atoms with Gasteiger partial charge in [-0.25, -0.2) is 4.98 Å². The molecule has 150 valence electrons. The maximum atomic E-state index is 12.9. The molecule has 0 radical (unpaired) electrons. The fourth-order valence-electron chi connectivity index (χ4n) is 3.89. The number of imidazole rings is 1. The van der Waals surface area contributed by atoms with Crippen molar-refractivity contribution in [3.8, 4) is 0 Å². The highest BCUT2D eigenvalue weighted by Crippen LogP contribution is 2.29. The van der Waals surface area contributed by atoms with Crippen LogP contribution < -0.4 is 5.32 Å². The second-order valence-corrected chi connectivity index (χ2v) is 7.31. The van der Waals surface area contributed by atoms with Crippen LogP contribution in [0.3, 0.4) is 0 Å². The lowest BCUT2D eigenvalue weighted by Gasteiger charge is -2.39. The van der Waals surface area contributed by atoms with Crippen LogP contribution in [0.1, 0.15) is 34.3 Å². The Morgan fingerprint density at radius 3 is 2.72 bits per heavy atom. The van der Waals surface area contributed by atoms with Gasteiger partial charge in [-0.05, 0) is 31.0 Å². The highest BCUT2D eigenvalue weighted by Gasteiger charge is 2.34. The van der Waals surface area contributed by atoms with Gasteiger partial charge in [0.05, 0.1) is 12.3 Å². The van der Waals surface area contributed by atoms with Crippen molar-refractivity contribution in [1.82, 2.24) is 19.8 Å². The van der Waals surface area contributed by atoms with Crippen molar-refractivity contribution in [3.63, 3.8) is 0 Å². The van der Waals surface area contributed by atoms with Gasteiger partial charge in [0, 0.05) is 31.4 Å². The van der Waals surface area contributed by atoms with Gasteiger partial charge in [0.15, 0.2) is 5.76 Å². The Balaban J connectivity index is 1.51. The second-order valence-electron chi connectivity index (χ2n) is 7.31. The average molecular weight is 392 g/mol. The molecule has 3 heterocycles. The molecule has 2 atom stereocenters. The quantitative estimate of drug-likeness (QED) is 0.724. The molecule has 29 heavy (non-hydrogen) atoms. The summed E-state index contributed by atoms with van der Waals surface area (Å²) >= 11 is 0. The summed E-state index contributed by atoms with van der Waals surface area (Å²) in [6.07, 6.45) is 5.76. The van der Waals surface area contributed by atoms with Gasteiger partial charge in [0.25, 0.3) is 5.91 Å². The first kappa shape index (κ1) is 19.0. The van der Waals surface area contributed by atoms with E-state index < -0.39 is 0 Å². The topological polar surface area (TPSA) is 80.4 Å². The standard InChI is InChI=1S/C22H24N4O3/c1-16-23-10-12-25(16)15-21(27)26-11-9-18(17-6-3-2-4-7-17)19(14-26)24-22(28)20-8-5-13-29-20/h2-8,10,12-13,18-19H,9,11,14-15H2,1H3,(H,24,28)/t18-,19-/m0/s1. The van der Waals surface area contributed by atoms with Crippen molar-refractivity contribution in [2.45, 2.75) is 31.8 Å². The molecule has 0 bridgehead atoms. The van der Waals surface area contributed by atoms with Gasteiger partial charge in [-0.15, -0.1) is 0 Å². The molecule has 0 spiro atoms. The van der Waals surface area contributed by atoms with Crippen LogP contribution in [0, 0.1) is 6.92 Å². The van der Waals surface area contributed by atoms with Gasteiger partial charge in [0.1, 0.15) is 12.4 Å². The minimum absolute atomic E-state index is 0.0230.